The summed E-state index contributed by atoms with van der Waals surface area (Å²) < 4.78 is 10.7. The zero-order valence-corrected chi connectivity index (χ0v) is 13.1. The van der Waals surface area contributed by atoms with Gasteiger partial charge in [-0.2, -0.15) is 0 Å². The molecule has 2 N–H and O–H groups in total. The van der Waals surface area contributed by atoms with Crippen LogP contribution in [0.25, 0.3) is 0 Å². The lowest BCUT2D eigenvalue weighted by Crippen LogP contribution is -2.36. The van der Waals surface area contributed by atoms with Crippen LogP contribution >= 0.6 is 12.4 Å². The van der Waals surface area contributed by atoms with E-state index in [9.17, 15) is 4.79 Å². The number of rotatable bonds is 7. The fourth-order valence-corrected chi connectivity index (χ4v) is 2.17. The molecule has 0 aliphatic carbocycles. The average Bonchev–Trinajstić information content (AvgIpc) is 2.97. The minimum absolute atomic E-state index is 0. The molecule has 1 heterocycles. The van der Waals surface area contributed by atoms with Gasteiger partial charge in [0.05, 0.1) is 13.7 Å². The molecule has 2 rings (SSSR count). The van der Waals surface area contributed by atoms with Crippen molar-refractivity contribution < 1.29 is 14.3 Å². The van der Waals surface area contributed by atoms with Crippen molar-refractivity contribution in [2.24, 2.45) is 0 Å². The Kier molecular flexibility index (Phi) is 7.93. The lowest BCUT2D eigenvalue weighted by atomic mass is 10.2. The second kappa shape index (κ2) is 9.47. The molecule has 0 radical (unpaired) electrons. The van der Waals surface area contributed by atoms with Crippen molar-refractivity contribution in [1.82, 2.24) is 10.6 Å². The minimum atomic E-state index is 0. The Morgan fingerprint density at radius 2 is 2.05 bits per heavy atom. The van der Waals surface area contributed by atoms with Crippen molar-refractivity contribution in [2.75, 3.05) is 26.8 Å². The van der Waals surface area contributed by atoms with Gasteiger partial charge in [0.2, 0.25) is 5.91 Å². The number of hydrogen-bond donors (Lipinski definition) is 2. The minimum Gasteiger partial charge on any atom is -0.497 e. The van der Waals surface area contributed by atoms with Crippen LogP contribution in [0.4, 0.5) is 0 Å². The summed E-state index contributed by atoms with van der Waals surface area (Å²) in [6, 6.07) is 7.74. The number of amides is 1. The summed E-state index contributed by atoms with van der Waals surface area (Å²) in [5, 5.41) is 6.25. The Bertz CT molecular complexity index is 419. The highest BCUT2D eigenvalue weighted by Crippen LogP contribution is 2.17. The zero-order valence-electron chi connectivity index (χ0n) is 12.3. The Labute approximate surface area is 131 Å². The van der Waals surface area contributed by atoms with Crippen molar-refractivity contribution >= 4 is 18.3 Å². The first-order valence-electron chi connectivity index (χ1n) is 7.05. The molecule has 1 amide bonds. The van der Waals surface area contributed by atoms with Crippen LogP contribution in [0, 0.1) is 0 Å². The molecule has 1 fully saturated rings. The quantitative estimate of drug-likeness (QED) is 0.753. The second-order valence-electron chi connectivity index (χ2n) is 4.88. The molecule has 1 unspecified atom stereocenters. The number of carbonyl (C=O) groups is 1. The third-order valence-corrected chi connectivity index (χ3v) is 3.30. The van der Waals surface area contributed by atoms with Crippen molar-refractivity contribution in [3.05, 3.63) is 24.3 Å². The molecule has 0 aromatic heterocycles. The van der Waals surface area contributed by atoms with Crippen LogP contribution in [0.3, 0.4) is 0 Å². The molecule has 0 spiro atoms. The maximum atomic E-state index is 11.7. The van der Waals surface area contributed by atoms with E-state index in [0.717, 1.165) is 37.4 Å². The maximum absolute atomic E-state index is 11.7. The molecule has 21 heavy (non-hydrogen) atoms. The van der Waals surface area contributed by atoms with Gasteiger partial charge in [-0.1, -0.05) is 0 Å². The van der Waals surface area contributed by atoms with Gasteiger partial charge >= 0.3 is 0 Å². The number of benzene rings is 1. The monoisotopic (exact) mass is 314 g/mol. The Balaban J connectivity index is 0.00000220. The van der Waals surface area contributed by atoms with Gasteiger partial charge in [0.25, 0.3) is 0 Å². The molecule has 1 atom stereocenters. The van der Waals surface area contributed by atoms with Crippen molar-refractivity contribution in [1.29, 1.82) is 0 Å². The number of ether oxygens (including phenoxy) is 2. The van der Waals surface area contributed by atoms with Crippen LogP contribution < -0.4 is 20.1 Å². The van der Waals surface area contributed by atoms with E-state index < -0.39 is 0 Å². The number of methoxy groups -OCH3 is 1. The Hall–Kier alpha value is -1.46. The molecular formula is C15H23ClN2O3. The topological polar surface area (TPSA) is 59.6 Å². The molecule has 1 aromatic rings. The van der Waals surface area contributed by atoms with E-state index in [0.29, 0.717) is 19.1 Å². The Morgan fingerprint density at radius 3 is 2.67 bits per heavy atom. The van der Waals surface area contributed by atoms with Crippen LogP contribution in [0.5, 0.6) is 11.5 Å². The van der Waals surface area contributed by atoms with Gasteiger partial charge in [-0.25, -0.2) is 0 Å². The van der Waals surface area contributed by atoms with E-state index in [-0.39, 0.29) is 18.3 Å². The third kappa shape index (κ3) is 6.23. The lowest BCUT2D eigenvalue weighted by molar-refractivity contribution is -0.121. The van der Waals surface area contributed by atoms with Crippen molar-refractivity contribution in [3.8, 4) is 11.5 Å². The average molecular weight is 315 g/mol. The van der Waals surface area contributed by atoms with Crippen molar-refractivity contribution in [2.45, 2.75) is 25.3 Å². The predicted molar refractivity (Wildman–Crippen MR) is 84.4 cm³/mol. The van der Waals surface area contributed by atoms with Gasteiger partial charge in [0.1, 0.15) is 11.5 Å². The van der Waals surface area contributed by atoms with Crippen LogP contribution in [-0.2, 0) is 4.79 Å². The summed E-state index contributed by atoms with van der Waals surface area (Å²) in [5.74, 6) is 1.71. The molecule has 0 saturated carbocycles. The molecule has 5 nitrogen and oxygen atoms in total. The van der Waals surface area contributed by atoms with Crippen LogP contribution in [0.15, 0.2) is 24.3 Å². The summed E-state index contributed by atoms with van der Waals surface area (Å²) in [7, 11) is 1.63. The summed E-state index contributed by atoms with van der Waals surface area (Å²) in [5.41, 5.74) is 0. The molecule has 0 bridgehead atoms. The first-order chi connectivity index (χ1) is 9.78. The summed E-state index contributed by atoms with van der Waals surface area (Å²) in [6.45, 7) is 2.42. The normalized spacial score (nSPS) is 16.9. The van der Waals surface area contributed by atoms with Crippen LogP contribution in [0.2, 0.25) is 0 Å². The highest BCUT2D eigenvalue weighted by Gasteiger charge is 2.15. The number of hydrogen-bond acceptors (Lipinski definition) is 4. The van der Waals surface area contributed by atoms with E-state index in [1.165, 1.54) is 0 Å². The third-order valence-electron chi connectivity index (χ3n) is 3.30. The fraction of sp³-hybridized carbons (Fsp3) is 0.533. The molecule has 1 aliphatic rings. The van der Waals surface area contributed by atoms with Crippen LogP contribution in [0.1, 0.15) is 19.3 Å². The standard InChI is InChI=1S/C15H22N2O3.ClH/c1-19-13-4-6-14(7-5-13)20-10-2-3-15(18)17-12-8-9-16-11-12;/h4-7,12,16H,2-3,8-11H2,1H3,(H,17,18);1H. The molecular weight excluding hydrogens is 292 g/mol. The molecule has 1 aliphatic heterocycles. The fourth-order valence-electron chi connectivity index (χ4n) is 2.17. The van der Waals surface area contributed by atoms with E-state index in [4.69, 9.17) is 9.47 Å². The molecule has 1 saturated heterocycles. The summed E-state index contributed by atoms with van der Waals surface area (Å²) >= 11 is 0. The SMILES string of the molecule is COc1ccc(OCCCC(=O)NC2CCNC2)cc1.Cl. The first kappa shape index (κ1) is 17.6. The number of halogens is 1. The smallest absolute Gasteiger partial charge is 0.220 e. The molecule has 118 valence electrons. The van der Waals surface area contributed by atoms with Gasteiger partial charge in [-0.3, -0.25) is 4.79 Å². The van der Waals surface area contributed by atoms with Crippen LogP contribution in [-0.4, -0.2) is 38.8 Å². The van der Waals surface area contributed by atoms with Gasteiger partial charge in [-0.05, 0) is 43.7 Å². The zero-order chi connectivity index (χ0) is 14.2. The maximum Gasteiger partial charge on any atom is 0.220 e. The van der Waals surface area contributed by atoms with Gasteiger partial charge in [0, 0.05) is 19.0 Å². The van der Waals surface area contributed by atoms with Gasteiger partial charge < -0.3 is 20.1 Å². The molecule has 1 aromatic carbocycles. The first-order valence-corrected chi connectivity index (χ1v) is 7.05. The Morgan fingerprint density at radius 1 is 1.33 bits per heavy atom. The van der Waals surface area contributed by atoms with E-state index in [1.807, 2.05) is 24.3 Å². The highest BCUT2D eigenvalue weighted by atomic mass is 35.5. The second-order valence-corrected chi connectivity index (χ2v) is 4.88. The van der Waals surface area contributed by atoms with E-state index in [1.54, 1.807) is 7.11 Å². The highest BCUT2D eigenvalue weighted by molar-refractivity contribution is 5.85. The van der Waals surface area contributed by atoms with Gasteiger partial charge in [-0.15, -0.1) is 12.4 Å². The number of nitrogens with one attached hydrogen (secondary N) is 2. The van der Waals surface area contributed by atoms with E-state index >= 15 is 0 Å². The van der Waals surface area contributed by atoms with E-state index in [2.05, 4.69) is 10.6 Å². The number of carbonyl (C=O) groups excluding carboxylic acids is 1. The summed E-state index contributed by atoms with van der Waals surface area (Å²) in [6.07, 6.45) is 2.25. The van der Waals surface area contributed by atoms with Gasteiger partial charge in [0.15, 0.2) is 0 Å². The molecule has 6 heteroatoms. The predicted octanol–water partition coefficient (Wildman–Crippen LogP) is 1.75. The largest absolute Gasteiger partial charge is 0.497 e. The lowest BCUT2D eigenvalue weighted by Gasteiger charge is -2.11. The summed E-state index contributed by atoms with van der Waals surface area (Å²) in [4.78, 5) is 11.7. The van der Waals surface area contributed by atoms with Crippen molar-refractivity contribution in [3.63, 3.8) is 0 Å².